The summed E-state index contributed by atoms with van der Waals surface area (Å²) >= 11 is 0. The van der Waals surface area contributed by atoms with Gasteiger partial charge in [-0.15, -0.1) is 0 Å². The number of unbranched alkanes of at least 4 members (excludes halogenated alkanes) is 1. The summed E-state index contributed by atoms with van der Waals surface area (Å²) < 4.78 is 0. The summed E-state index contributed by atoms with van der Waals surface area (Å²) in [7, 11) is 0. The molecule has 2 N–H and O–H groups in total. The molecule has 0 amide bonds. The van der Waals surface area contributed by atoms with Crippen molar-refractivity contribution in [3.05, 3.63) is 65.7 Å². The number of aliphatic hydroxyl groups is 1. The first-order valence-corrected chi connectivity index (χ1v) is 8.06. The number of aromatic hydroxyl groups is 1. The summed E-state index contributed by atoms with van der Waals surface area (Å²) in [6.45, 7) is -0.244. The van der Waals surface area contributed by atoms with Crippen LogP contribution in [-0.2, 0) is 11.4 Å². The van der Waals surface area contributed by atoms with Gasteiger partial charge in [-0.1, -0.05) is 35.5 Å². The average Bonchev–Trinajstić information content (AvgIpc) is 2.64. The van der Waals surface area contributed by atoms with E-state index in [4.69, 9.17) is 9.94 Å². The van der Waals surface area contributed by atoms with Gasteiger partial charge in [-0.3, -0.25) is 4.79 Å². The third-order valence-electron chi connectivity index (χ3n) is 3.47. The highest BCUT2D eigenvalue weighted by atomic mass is 16.6. The molecule has 0 fully saturated rings. The van der Waals surface area contributed by atoms with Crippen molar-refractivity contribution in [2.75, 3.05) is 0 Å². The van der Waals surface area contributed by atoms with Crippen LogP contribution in [0.25, 0.3) is 6.08 Å². The fourth-order valence-electron chi connectivity index (χ4n) is 2.11. The van der Waals surface area contributed by atoms with Gasteiger partial charge in [-0.2, -0.15) is 0 Å². The van der Waals surface area contributed by atoms with Crippen LogP contribution < -0.4 is 4.84 Å². The lowest BCUT2D eigenvalue weighted by molar-refractivity contribution is -0.114. The quantitative estimate of drug-likeness (QED) is 0.316. The minimum absolute atomic E-state index is 0.0102. The Morgan fingerprint density at radius 3 is 2.72 bits per heavy atom. The van der Waals surface area contributed by atoms with Gasteiger partial charge in [-0.05, 0) is 48.7 Å². The molecule has 0 atom stereocenters. The lowest BCUT2D eigenvalue weighted by Gasteiger charge is -2.02. The van der Waals surface area contributed by atoms with Crippen molar-refractivity contribution in [2.24, 2.45) is 5.16 Å². The summed E-state index contributed by atoms with van der Waals surface area (Å²) in [6, 6.07) is 14.1. The van der Waals surface area contributed by atoms with E-state index in [1.807, 2.05) is 30.3 Å². The molecule has 0 aromatic heterocycles. The first-order valence-electron chi connectivity index (χ1n) is 8.06. The third-order valence-corrected chi connectivity index (χ3v) is 3.47. The zero-order valence-electron chi connectivity index (χ0n) is 13.8. The van der Waals surface area contributed by atoms with Gasteiger partial charge in [0.1, 0.15) is 5.75 Å². The number of oxime groups is 1. The summed E-state index contributed by atoms with van der Waals surface area (Å²) in [6.07, 6.45) is 6.58. The molecule has 2 aromatic carbocycles. The van der Waals surface area contributed by atoms with Crippen LogP contribution in [0.4, 0.5) is 0 Å². The Labute approximate surface area is 146 Å². The number of nitrogens with zero attached hydrogens (tertiary/aromatic N) is 1. The summed E-state index contributed by atoms with van der Waals surface area (Å²) in [5, 5.41) is 22.5. The number of ketones is 1. The predicted molar refractivity (Wildman–Crippen MR) is 97.5 cm³/mol. The topological polar surface area (TPSA) is 79.1 Å². The van der Waals surface area contributed by atoms with Gasteiger partial charge in [0.15, 0.2) is 11.5 Å². The van der Waals surface area contributed by atoms with E-state index in [0.717, 1.165) is 5.56 Å². The van der Waals surface area contributed by atoms with Gasteiger partial charge < -0.3 is 15.1 Å². The Kier molecular flexibility index (Phi) is 7.41. The maximum absolute atomic E-state index is 11.8. The summed E-state index contributed by atoms with van der Waals surface area (Å²) in [5.74, 6) is 0.730. The number of aliphatic hydroxyl groups excluding tert-OH is 1. The van der Waals surface area contributed by atoms with Gasteiger partial charge in [0.05, 0.1) is 6.61 Å². The largest absolute Gasteiger partial charge is 0.508 e. The van der Waals surface area contributed by atoms with E-state index >= 15 is 0 Å². The van der Waals surface area contributed by atoms with Gasteiger partial charge in [0.2, 0.25) is 0 Å². The molecule has 0 aliphatic rings. The molecule has 0 radical (unpaired) electrons. The lowest BCUT2D eigenvalue weighted by atomic mass is 10.1. The molecule has 0 aliphatic carbocycles. The second-order valence-corrected chi connectivity index (χ2v) is 5.43. The van der Waals surface area contributed by atoms with Gasteiger partial charge in [0, 0.05) is 18.2 Å². The van der Waals surface area contributed by atoms with Crippen LogP contribution in [0.3, 0.4) is 0 Å². The van der Waals surface area contributed by atoms with E-state index in [9.17, 15) is 9.90 Å². The number of allylic oxidation sites excluding steroid dienone is 1. The van der Waals surface area contributed by atoms with Crippen molar-refractivity contribution < 1.29 is 19.8 Å². The van der Waals surface area contributed by atoms with Crippen LogP contribution in [0.1, 0.15) is 30.4 Å². The van der Waals surface area contributed by atoms with E-state index in [1.165, 1.54) is 12.1 Å². The van der Waals surface area contributed by atoms with Crippen molar-refractivity contribution in [1.29, 1.82) is 0 Å². The predicted octanol–water partition coefficient (Wildman–Crippen LogP) is 3.70. The highest BCUT2D eigenvalue weighted by Crippen LogP contribution is 2.19. The van der Waals surface area contributed by atoms with Crippen LogP contribution in [0.15, 0.2) is 59.8 Å². The standard InChI is InChI=1S/C20H21NO4/c22-15-17-14-16(10-12-20(17)24)9-11-18(23)6-4-5-13-21-25-19-7-2-1-3-8-19/h1-3,7-14,22,24H,4-6,15H2/b11-9+,21-13?. The number of para-hydroxylation sites is 1. The summed E-state index contributed by atoms with van der Waals surface area (Å²) in [4.78, 5) is 17.0. The van der Waals surface area contributed by atoms with Gasteiger partial charge in [-0.25, -0.2) is 0 Å². The monoisotopic (exact) mass is 339 g/mol. The molecule has 0 aliphatic heterocycles. The van der Waals surface area contributed by atoms with Crippen molar-refractivity contribution in [1.82, 2.24) is 0 Å². The average molecular weight is 339 g/mol. The molecular weight excluding hydrogens is 318 g/mol. The number of hydrogen-bond donors (Lipinski definition) is 2. The van der Waals surface area contributed by atoms with Crippen molar-refractivity contribution in [3.8, 4) is 11.5 Å². The highest BCUT2D eigenvalue weighted by Gasteiger charge is 2.01. The van der Waals surface area contributed by atoms with E-state index in [0.29, 0.717) is 30.6 Å². The van der Waals surface area contributed by atoms with Crippen molar-refractivity contribution >= 4 is 18.1 Å². The molecule has 0 saturated carbocycles. The number of phenols is 1. The molecule has 5 heteroatoms. The Morgan fingerprint density at radius 1 is 1.16 bits per heavy atom. The molecule has 2 aromatic rings. The second-order valence-electron chi connectivity index (χ2n) is 5.43. The fourth-order valence-corrected chi connectivity index (χ4v) is 2.11. The van der Waals surface area contributed by atoms with E-state index in [2.05, 4.69) is 5.16 Å². The minimum atomic E-state index is -0.244. The molecule has 0 bridgehead atoms. The van der Waals surface area contributed by atoms with Gasteiger partial charge >= 0.3 is 0 Å². The second kappa shape index (κ2) is 10.1. The number of rotatable bonds is 9. The number of benzene rings is 2. The Hall–Kier alpha value is -2.92. The normalized spacial score (nSPS) is 11.2. The number of carbonyl (C=O) groups excluding carboxylic acids is 1. The molecule has 5 nitrogen and oxygen atoms in total. The van der Waals surface area contributed by atoms with E-state index in [1.54, 1.807) is 24.4 Å². The van der Waals surface area contributed by atoms with Crippen LogP contribution in [0.5, 0.6) is 11.5 Å². The van der Waals surface area contributed by atoms with Crippen LogP contribution in [-0.4, -0.2) is 22.2 Å². The number of hydrogen-bond acceptors (Lipinski definition) is 5. The van der Waals surface area contributed by atoms with Crippen molar-refractivity contribution in [2.45, 2.75) is 25.9 Å². The molecular formula is C20H21NO4. The molecule has 2 rings (SSSR count). The van der Waals surface area contributed by atoms with Crippen LogP contribution >= 0.6 is 0 Å². The molecule has 0 saturated heterocycles. The zero-order chi connectivity index (χ0) is 17.9. The first kappa shape index (κ1) is 18.4. The maximum Gasteiger partial charge on any atom is 0.157 e. The maximum atomic E-state index is 11.8. The molecule has 0 unspecified atom stereocenters. The zero-order valence-corrected chi connectivity index (χ0v) is 13.8. The molecule has 130 valence electrons. The third kappa shape index (κ3) is 6.61. The van der Waals surface area contributed by atoms with E-state index in [-0.39, 0.29) is 18.1 Å². The Bertz CT molecular complexity index is 739. The van der Waals surface area contributed by atoms with Gasteiger partial charge in [0.25, 0.3) is 0 Å². The lowest BCUT2D eigenvalue weighted by Crippen LogP contribution is -1.93. The highest BCUT2D eigenvalue weighted by molar-refractivity contribution is 5.93. The molecule has 0 spiro atoms. The Morgan fingerprint density at radius 2 is 1.96 bits per heavy atom. The minimum Gasteiger partial charge on any atom is -0.508 e. The van der Waals surface area contributed by atoms with Crippen LogP contribution in [0.2, 0.25) is 0 Å². The first-order chi connectivity index (χ1) is 12.2. The van der Waals surface area contributed by atoms with Crippen molar-refractivity contribution in [3.63, 3.8) is 0 Å². The Balaban J connectivity index is 1.70. The summed E-state index contributed by atoms with van der Waals surface area (Å²) in [5.41, 5.74) is 1.19. The number of carbonyl (C=O) groups is 1. The fraction of sp³-hybridized carbons (Fsp3) is 0.200. The molecule has 25 heavy (non-hydrogen) atoms. The molecule has 0 heterocycles. The van der Waals surface area contributed by atoms with Crippen LogP contribution in [0, 0.1) is 0 Å². The SMILES string of the molecule is O=C(/C=C/c1ccc(O)c(CO)c1)CCCC=NOc1ccccc1. The smallest absolute Gasteiger partial charge is 0.157 e. The van der Waals surface area contributed by atoms with E-state index < -0.39 is 0 Å².